The number of hydrogen-bond acceptors (Lipinski definition) is 7. The standard InChI is InChI=1S/C17H31N5O7/c1-4-8(2)13(19)16(27)21-10(5-6-12(18)24)15(26)20-9(3)14(25)22-11(7-23)17(28)29/h8-11,13,23H,4-7,19H2,1-3H3,(H2,18,24)(H,20,26)(H,21,27)(H,22,25)(H,28,29). The van der Waals surface area contributed by atoms with E-state index in [0.29, 0.717) is 6.42 Å². The van der Waals surface area contributed by atoms with Gasteiger partial charge < -0.3 is 37.6 Å². The summed E-state index contributed by atoms with van der Waals surface area (Å²) >= 11 is 0. The smallest absolute Gasteiger partial charge is 0.328 e. The van der Waals surface area contributed by atoms with Crippen LogP contribution in [0.1, 0.15) is 40.0 Å². The van der Waals surface area contributed by atoms with Crippen molar-refractivity contribution < 1.29 is 34.2 Å². The number of aliphatic hydroxyl groups is 1. The van der Waals surface area contributed by atoms with Gasteiger partial charge in [0.15, 0.2) is 0 Å². The predicted molar refractivity (Wildman–Crippen MR) is 102 cm³/mol. The van der Waals surface area contributed by atoms with E-state index in [-0.39, 0.29) is 18.8 Å². The molecule has 29 heavy (non-hydrogen) atoms. The maximum Gasteiger partial charge on any atom is 0.328 e. The Morgan fingerprint density at radius 3 is 1.93 bits per heavy atom. The molecule has 0 heterocycles. The first-order valence-electron chi connectivity index (χ1n) is 9.23. The van der Waals surface area contributed by atoms with Crippen LogP contribution in [0, 0.1) is 5.92 Å². The molecule has 166 valence electrons. The molecule has 0 saturated heterocycles. The molecule has 4 amide bonds. The van der Waals surface area contributed by atoms with Gasteiger partial charge in [-0.3, -0.25) is 19.2 Å². The van der Waals surface area contributed by atoms with Gasteiger partial charge in [-0.1, -0.05) is 20.3 Å². The lowest BCUT2D eigenvalue weighted by molar-refractivity contribution is -0.143. The zero-order valence-corrected chi connectivity index (χ0v) is 16.8. The second-order valence-corrected chi connectivity index (χ2v) is 6.79. The highest BCUT2D eigenvalue weighted by Gasteiger charge is 2.29. The molecule has 12 heteroatoms. The van der Waals surface area contributed by atoms with Crippen LogP contribution in [0.2, 0.25) is 0 Å². The molecule has 0 fully saturated rings. The number of rotatable bonds is 13. The van der Waals surface area contributed by atoms with Crippen LogP contribution >= 0.6 is 0 Å². The molecule has 0 aliphatic rings. The monoisotopic (exact) mass is 417 g/mol. The van der Waals surface area contributed by atoms with Gasteiger partial charge >= 0.3 is 5.97 Å². The summed E-state index contributed by atoms with van der Waals surface area (Å²) in [4.78, 5) is 58.7. The molecule has 0 bridgehead atoms. The summed E-state index contributed by atoms with van der Waals surface area (Å²) < 4.78 is 0. The molecule has 0 aliphatic heterocycles. The maximum absolute atomic E-state index is 12.5. The van der Waals surface area contributed by atoms with Gasteiger partial charge in [0.2, 0.25) is 23.6 Å². The molecule has 0 aliphatic carbocycles. The second kappa shape index (κ2) is 12.7. The predicted octanol–water partition coefficient (Wildman–Crippen LogP) is -2.82. The Morgan fingerprint density at radius 2 is 1.48 bits per heavy atom. The van der Waals surface area contributed by atoms with Crippen LogP contribution in [0.15, 0.2) is 0 Å². The highest BCUT2D eigenvalue weighted by molar-refractivity contribution is 5.94. The largest absolute Gasteiger partial charge is 0.480 e. The van der Waals surface area contributed by atoms with Gasteiger partial charge in [0.1, 0.15) is 18.1 Å². The first kappa shape index (κ1) is 26.3. The Morgan fingerprint density at radius 1 is 0.931 bits per heavy atom. The number of carbonyl (C=O) groups excluding carboxylic acids is 4. The van der Waals surface area contributed by atoms with Gasteiger partial charge in [-0.15, -0.1) is 0 Å². The Hall–Kier alpha value is -2.73. The van der Waals surface area contributed by atoms with Crippen molar-refractivity contribution in [1.29, 1.82) is 0 Å². The number of nitrogens with two attached hydrogens (primary N) is 2. The summed E-state index contributed by atoms with van der Waals surface area (Å²) in [6.07, 6.45) is 0.339. The van der Waals surface area contributed by atoms with Gasteiger partial charge in [-0.25, -0.2) is 4.79 Å². The number of nitrogens with one attached hydrogen (secondary N) is 3. The maximum atomic E-state index is 12.5. The lowest BCUT2D eigenvalue weighted by atomic mass is 9.98. The third kappa shape index (κ3) is 9.34. The molecule has 0 aromatic heterocycles. The molecule has 0 radical (unpaired) electrons. The van der Waals surface area contributed by atoms with Gasteiger partial charge in [0.25, 0.3) is 0 Å². The Kier molecular flexibility index (Phi) is 11.5. The molecule has 12 nitrogen and oxygen atoms in total. The van der Waals surface area contributed by atoms with Crippen molar-refractivity contribution in [1.82, 2.24) is 16.0 Å². The summed E-state index contributed by atoms with van der Waals surface area (Å²) in [6.45, 7) is 4.09. The zero-order chi connectivity index (χ0) is 22.7. The normalized spacial score (nSPS) is 15.9. The first-order valence-corrected chi connectivity index (χ1v) is 9.23. The second-order valence-electron chi connectivity index (χ2n) is 6.79. The third-order valence-electron chi connectivity index (χ3n) is 4.42. The molecule has 0 spiro atoms. The number of hydrogen-bond donors (Lipinski definition) is 7. The van der Waals surface area contributed by atoms with Crippen molar-refractivity contribution in [2.45, 2.75) is 64.2 Å². The van der Waals surface area contributed by atoms with Crippen LogP contribution in [0.25, 0.3) is 0 Å². The highest BCUT2D eigenvalue weighted by atomic mass is 16.4. The van der Waals surface area contributed by atoms with E-state index >= 15 is 0 Å². The third-order valence-corrected chi connectivity index (χ3v) is 4.42. The van der Waals surface area contributed by atoms with Crippen LogP contribution < -0.4 is 27.4 Å². The highest BCUT2D eigenvalue weighted by Crippen LogP contribution is 2.07. The molecule has 5 unspecified atom stereocenters. The van der Waals surface area contributed by atoms with E-state index in [1.54, 1.807) is 6.92 Å². The topological polar surface area (TPSA) is 214 Å². The minimum atomic E-state index is -1.53. The molecule has 0 rings (SSSR count). The number of carbonyl (C=O) groups is 5. The molecular formula is C17H31N5O7. The molecule has 0 aromatic rings. The Balaban J connectivity index is 5.10. The Labute approximate surface area is 168 Å². The summed E-state index contributed by atoms with van der Waals surface area (Å²) in [5, 5.41) is 24.6. The van der Waals surface area contributed by atoms with Gasteiger partial charge in [-0.05, 0) is 19.3 Å². The summed E-state index contributed by atoms with van der Waals surface area (Å²) in [5.74, 6) is -4.48. The van der Waals surface area contributed by atoms with E-state index in [9.17, 15) is 24.0 Å². The fourth-order valence-electron chi connectivity index (χ4n) is 2.20. The zero-order valence-electron chi connectivity index (χ0n) is 16.8. The van der Waals surface area contributed by atoms with Crippen LogP contribution in [0.4, 0.5) is 0 Å². The summed E-state index contributed by atoms with van der Waals surface area (Å²) in [5.41, 5.74) is 10.9. The van der Waals surface area contributed by atoms with Gasteiger partial charge in [0.05, 0.1) is 12.6 Å². The van der Waals surface area contributed by atoms with E-state index in [1.807, 2.05) is 6.92 Å². The fraction of sp³-hybridized carbons (Fsp3) is 0.706. The summed E-state index contributed by atoms with van der Waals surface area (Å²) in [6, 6.07) is -4.74. The molecule has 0 aromatic carbocycles. The van der Waals surface area contributed by atoms with Crippen molar-refractivity contribution in [3.05, 3.63) is 0 Å². The average Bonchev–Trinajstić information content (AvgIpc) is 2.66. The van der Waals surface area contributed by atoms with E-state index in [4.69, 9.17) is 21.7 Å². The number of carboxylic acid groups (broad SMARTS) is 1. The van der Waals surface area contributed by atoms with E-state index in [2.05, 4.69) is 16.0 Å². The van der Waals surface area contributed by atoms with E-state index in [0.717, 1.165) is 0 Å². The number of amides is 4. The van der Waals surface area contributed by atoms with Gasteiger partial charge in [0, 0.05) is 6.42 Å². The fourth-order valence-corrected chi connectivity index (χ4v) is 2.20. The van der Waals surface area contributed by atoms with Crippen molar-refractivity contribution in [2.75, 3.05) is 6.61 Å². The van der Waals surface area contributed by atoms with Gasteiger partial charge in [-0.2, -0.15) is 0 Å². The van der Waals surface area contributed by atoms with Crippen molar-refractivity contribution in [3.63, 3.8) is 0 Å². The van der Waals surface area contributed by atoms with Crippen molar-refractivity contribution >= 4 is 29.6 Å². The van der Waals surface area contributed by atoms with E-state index in [1.165, 1.54) is 6.92 Å². The molecule has 9 N–H and O–H groups in total. The quantitative estimate of drug-likeness (QED) is 0.165. The van der Waals surface area contributed by atoms with E-state index < -0.39 is 60.4 Å². The number of primary amides is 1. The average molecular weight is 417 g/mol. The minimum Gasteiger partial charge on any atom is -0.480 e. The summed E-state index contributed by atoms with van der Waals surface area (Å²) in [7, 11) is 0. The minimum absolute atomic E-state index is 0.108. The molecular weight excluding hydrogens is 386 g/mol. The number of carboxylic acids is 1. The van der Waals surface area contributed by atoms with Crippen LogP contribution in [-0.4, -0.2) is 70.6 Å². The molecule has 5 atom stereocenters. The Bertz CT molecular complexity index is 613. The van der Waals surface area contributed by atoms with Crippen molar-refractivity contribution in [2.24, 2.45) is 17.4 Å². The molecule has 0 saturated carbocycles. The van der Waals surface area contributed by atoms with Crippen molar-refractivity contribution in [3.8, 4) is 0 Å². The number of aliphatic hydroxyl groups excluding tert-OH is 1. The SMILES string of the molecule is CCC(C)C(N)C(=O)NC(CCC(N)=O)C(=O)NC(C)C(=O)NC(CO)C(=O)O. The lowest BCUT2D eigenvalue weighted by Crippen LogP contribution is -2.57. The van der Waals surface area contributed by atoms with Crippen LogP contribution in [-0.2, 0) is 24.0 Å². The lowest BCUT2D eigenvalue weighted by Gasteiger charge is -2.24. The first-order chi connectivity index (χ1) is 13.4. The van der Waals surface area contributed by atoms with Crippen LogP contribution in [0.3, 0.4) is 0 Å². The van der Waals surface area contributed by atoms with Crippen LogP contribution in [0.5, 0.6) is 0 Å². The number of aliphatic carboxylic acids is 1.